The normalized spacial score (nSPS) is 17.0. The van der Waals surface area contributed by atoms with E-state index in [9.17, 15) is 4.79 Å². The Morgan fingerprint density at radius 2 is 2.00 bits per heavy atom. The molecule has 0 fully saturated rings. The van der Waals surface area contributed by atoms with Crippen molar-refractivity contribution >= 4 is 22.9 Å². The molecule has 0 aliphatic carbocycles. The highest BCUT2D eigenvalue weighted by Gasteiger charge is 2.27. The van der Waals surface area contributed by atoms with Gasteiger partial charge in [-0.15, -0.1) is 0 Å². The van der Waals surface area contributed by atoms with Crippen LogP contribution in [0.4, 0.5) is 11.5 Å². The van der Waals surface area contributed by atoms with E-state index >= 15 is 0 Å². The van der Waals surface area contributed by atoms with Crippen molar-refractivity contribution in [3.8, 4) is 0 Å². The fourth-order valence-electron chi connectivity index (χ4n) is 4.65. The first-order valence-corrected chi connectivity index (χ1v) is 11.8. The average molecular weight is 435 g/mol. The first-order chi connectivity index (χ1) is 15.6. The Bertz CT molecular complexity index is 984. The maximum atomic E-state index is 11.7. The first kappa shape index (κ1) is 22.6. The van der Waals surface area contributed by atoms with Gasteiger partial charge < -0.3 is 10.1 Å². The van der Waals surface area contributed by atoms with Crippen LogP contribution in [0, 0.1) is 0 Å². The molecule has 170 valence electrons. The molecule has 0 saturated heterocycles. The van der Waals surface area contributed by atoms with Gasteiger partial charge in [0.25, 0.3) is 0 Å². The predicted molar refractivity (Wildman–Crippen MR) is 128 cm³/mol. The Morgan fingerprint density at radius 1 is 1.19 bits per heavy atom. The van der Waals surface area contributed by atoms with Gasteiger partial charge in [0.1, 0.15) is 11.6 Å². The maximum Gasteiger partial charge on any atom is 0.157 e. The molecule has 0 radical (unpaired) electrons. The minimum atomic E-state index is 0.167. The Balaban J connectivity index is 1.62. The molecule has 0 saturated carbocycles. The lowest BCUT2D eigenvalue weighted by Crippen LogP contribution is -2.22. The number of hydrogen-bond donors (Lipinski definition) is 1. The summed E-state index contributed by atoms with van der Waals surface area (Å²) in [6.45, 7) is 9.24. The summed E-state index contributed by atoms with van der Waals surface area (Å²) in [5, 5.41) is 3.55. The fourth-order valence-corrected chi connectivity index (χ4v) is 4.65. The zero-order valence-corrected chi connectivity index (χ0v) is 19.5. The van der Waals surface area contributed by atoms with Crippen LogP contribution in [0.25, 0.3) is 5.57 Å². The highest BCUT2D eigenvalue weighted by molar-refractivity contribution is 5.77. The molecule has 3 heterocycles. The number of ketones is 1. The second-order valence-corrected chi connectivity index (χ2v) is 8.86. The number of anilines is 2. The molecular formula is C26H34N4O2. The number of fused-ring (bicyclic) bond motifs is 1. The van der Waals surface area contributed by atoms with E-state index in [1.54, 1.807) is 6.92 Å². The highest BCUT2D eigenvalue weighted by Crippen LogP contribution is 2.32. The number of hydrogen-bond acceptors (Lipinski definition) is 6. The van der Waals surface area contributed by atoms with Gasteiger partial charge in [-0.3, -0.25) is 9.69 Å². The monoisotopic (exact) mass is 434 g/mol. The van der Waals surface area contributed by atoms with Crippen LogP contribution in [-0.2, 0) is 22.6 Å². The summed E-state index contributed by atoms with van der Waals surface area (Å²) in [4.78, 5) is 23.6. The van der Waals surface area contributed by atoms with E-state index in [-0.39, 0.29) is 5.78 Å². The fraction of sp³-hybridized carbons (Fsp3) is 0.500. The SMILES string of the molecule is CCCC(CC)c1ccc(Nc2nc(C3=CCOCC3)nc3c2CN(CC(C)=O)C3)cc1. The van der Waals surface area contributed by atoms with Crippen LogP contribution >= 0.6 is 0 Å². The summed E-state index contributed by atoms with van der Waals surface area (Å²) in [6, 6.07) is 8.77. The quantitative estimate of drug-likeness (QED) is 0.583. The molecule has 4 rings (SSSR count). The Morgan fingerprint density at radius 3 is 2.66 bits per heavy atom. The van der Waals surface area contributed by atoms with Gasteiger partial charge in [0.05, 0.1) is 25.5 Å². The lowest BCUT2D eigenvalue weighted by molar-refractivity contribution is -0.118. The van der Waals surface area contributed by atoms with Gasteiger partial charge >= 0.3 is 0 Å². The Hall–Kier alpha value is -2.57. The molecule has 1 N–H and O–H groups in total. The van der Waals surface area contributed by atoms with Crippen LogP contribution < -0.4 is 5.32 Å². The number of aromatic nitrogens is 2. The van der Waals surface area contributed by atoms with E-state index in [1.807, 2.05) is 0 Å². The summed E-state index contributed by atoms with van der Waals surface area (Å²) < 4.78 is 5.46. The second-order valence-electron chi connectivity index (χ2n) is 8.86. The lowest BCUT2D eigenvalue weighted by atomic mass is 9.92. The standard InChI is InChI=1S/C26H34N4O2/c1-4-6-19(5-2)20-7-9-22(10-8-20)27-26-23-16-30(15-18(3)31)17-24(23)28-25(29-26)21-11-13-32-14-12-21/h7-11,19H,4-6,12-17H2,1-3H3,(H,27,28,29). The zero-order chi connectivity index (χ0) is 22.5. The van der Waals surface area contributed by atoms with Crippen LogP contribution in [0.2, 0.25) is 0 Å². The van der Waals surface area contributed by atoms with Gasteiger partial charge in [-0.25, -0.2) is 9.97 Å². The van der Waals surface area contributed by atoms with Crippen molar-refractivity contribution in [2.45, 2.75) is 65.5 Å². The van der Waals surface area contributed by atoms with Crippen LogP contribution in [0.15, 0.2) is 30.3 Å². The summed E-state index contributed by atoms with van der Waals surface area (Å²) in [5.41, 5.74) is 5.65. The third-order valence-electron chi connectivity index (χ3n) is 6.32. The molecule has 0 amide bonds. The Labute approximate surface area is 191 Å². The molecule has 1 aromatic carbocycles. The molecule has 1 aromatic heterocycles. The molecule has 32 heavy (non-hydrogen) atoms. The van der Waals surface area contributed by atoms with E-state index < -0.39 is 0 Å². The minimum absolute atomic E-state index is 0.167. The lowest BCUT2D eigenvalue weighted by Gasteiger charge is -2.17. The van der Waals surface area contributed by atoms with Crippen molar-refractivity contribution in [3.63, 3.8) is 0 Å². The summed E-state index contributed by atoms with van der Waals surface area (Å²) >= 11 is 0. The van der Waals surface area contributed by atoms with Crippen molar-refractivity contribution in [2.24, 2.45) is 0 Å². The molecular weight excluding hydrogens is 400 g/mol. The van der Waals surface area contributed by atoms with E-state index in [0.717, 1.165) is 47.0 Å². The van der Waals surface area contributed by atoms with Gasteiger partial charge in [-0.2, -0.15) is 0 Å². The smallest absolute Gasteiger partial charge is 0.157 e. The third kappa shape index (κ3) is 5.25. The minimum Gasteiger partial charge on any atom is -0.377 e. The molecule has 1 atom stereocenters. The number of rotatable bonds is 9. The summed E-state index contributed by atoms with van der Waals surface area (Å²) in [6.07, 6.45) is 6.47. The molecule has 2 aliphatic rings. The van der Waals surface area contributed by atoms with E-state index in [0.29, 0.717) is 38.8 Å². The number of carbonyl (C=O) groups excluding carboxylic acids is 1. The molecule has 2 aliphatic heterocycles. The topological polar surface area (TPSA) is 67.4 Å². The van der Waals surface area contributed by atoms with E-state index in [4.69, 9.17) is 14.7 Å². The molecule has 6 heteroatoms. The summed E-state index contributed by atoms with van der Waals surface area (Å²) in [7, 11) is 0. The van der Waals surface area contributed by atoms with Crippen LogP contribution in [0.5, 0.6) is 0 Å². The zero-order valence-electron chi connectivity index (χ0n) is 19.5. The van der Waals surface area contributed by atoms with Gasteiger partial charge in [0, 0.05) is 24.3 Å². The van der Waals surface area contributed by atoms with Crippen molar-refractivity contribution < 1.29 is 9.53 Å². The Kier molecular flexibility index (Phi) is 7.33. The van der Waals surface area contributed by atoms with Crippen molar-refractivity contribution in [1.29, 1.82) is 0 Å². The van der Waals surface area contributed by atoms with Crippen LogP contribution in [-0.4, -0.2) is 40.4 Å². The molecule has 0 spiro atoms. The van der Waals surface area contributed by atoms with Crippen molar-refractivity contribution in [1.82, 2.24) is 14.9 Å². The molecule has 6 nitrogen and oxygen atoms in total. The largest absolute Gasteiger partial charge is 0.377 e. The second kappa shape index (κ2) is 10.4. The molecule has 0 bridgehead atoms. The van der Waals surface area contributed by atoms with Crippen molar-refractivity contribution in [3.05, 3.63) is 53.0 Å². The highest BCUT2D eigenvalue weighted by atomic mass is 16.5. The number of Topliss-reactive ketones (excluding diaryl/α,β-unsaturated/α-hetero) is 1. The van der Waals surface area contributed by atoms with Gasteiger partial charge in [0.15, 0.2) is 5.82 Å². The maximum absolute atomic E-state index is 11.7. The number of nitrogens with zero attached hydrogens (tertiary/aromatic N) is 3. The van der Waals surface area contributed by atoms with E-state index in [2.05, 4.69) is 54.4 Å². The van der Waals surface area contributed by atoms with Gasteiger partial charge in [0.2, 0.25) is 0 Å². The first-order valence-electron chi connectivity index (χ1n) is 11.8. The average Bonchev–Trinajstić information content (AvgIpc) is 3.20. The van der Waals surface area contributed by atoms with Gasteiger partial charge in [-0.1, -0.05) is 38.5 Å². The van der Waals surface area contributed by atoms with E-state index in [1.165, 1.54) is 18.4 Å². The molecule has 2 aromatic rings. The van der Waals surface area contributed by atoms with Gasteiger partial charge in [-0.05, 0) is 55.4 Å². The number of carbonyl (C=O) groups is 1. The van der Waals surface area contributed by atoms with Crippen molar-refractivity contribution in [2.75, 3.05) is 25.1 Å². The number of benzene rings is 1. The molecule has 1 unspecified atom stereocenters. The predicted octanol–water partition coefficient (Wildman–Crippen LogP) is 5.22. The third-order valence-corrected chi connectivity index (χ3v) is 6.32. The summed E-state index contributed by atoms with van der Waals surface area (Å²) in [5.74, 6) is 2.40. The van der Waals surface area contributed by atoms with Crippen LogP contribution in [0.3, 0.4) is 0 Å². The van der Waals surface area contributed by atoms with Crippen LogP contribution in [0.1, 0.15) is 75.0 Å². The number of ether oxygens (including phenoxy) is 1. The number of nitrogens with one attached hydrogen (secondary N) is 1.